The van der Waals surface area contributed by atoms with Crippen molar-refractivity contribution in [1.82, 2.24) is 0 Å². The number of carboxylic acids is 1. The first-order valence-electron chi connectivity index (χ1n) is 5.58. The molecule has 0 aliphatic heterocycles. The van der Waals surface area contributed by atoms with E-state index >= 15 is 0 Å². The Kier molecular flexibility index (Phi) is 4.52. The van der Waals surface area contributed by atoms with Gasteiger partial charge >= 0.3 is 5.97 Å². The van der Waals surface area contributed by atoms with Gasteiger partial charge in [0.1, 0.15) is 11.8 Å². The van der Waals surface area contributed by atoms with Gasteiger partial charge < -0.3 is 15.6 Å². The maximum absolute atomic E-state index is 10.6. The molecule has 1 unspecified atom stereocenters. The van der Waals surface area contributed by atoms with Gasteiger partial charge in [-0.25, -0.2) is 0 Å². The average Bonchev–Trinajstić information content (AvgIpc) is 2.29. The summed E-state index contributed by atoms with van der Waals surface area (Å²) in [6.07, 6.45) is 1.12. The molecule has 0 heterocycles. The number of aliphatic carboxylic acids is 1. The smallest absolute Gasteiger partial charge is 0.320 e. The molecule has 0 radical (unpaired) electrons. The van der Waals surface area contributed by atoms with Gasteiger partial charge in [0, 0.05) is 0 Å². The quantitative estimate of drug-likeness (QED) is 0.816. The number of carbonyl (C=O) groups is 1. The average molecular weight is 237 g/mol. The number of ether oxygens (including phenoxy) is 1. The van der Waals surface area contributed by atoms with E-state index < -0.39 is 12.0 Å². The zero-order chi connectivity index (χ0) is 13.0. The molecule has 1 aromatic rings. The van der Waals surface area contributed by atoms with Gasteiger partial charge in [-0.3, -0.25) is 4.79 Å². The predicted octanol–water partition coefficient (Wildman–Crippen LogP) is 1.66. The molecule has 0 bridgehead atoms. The molecule has 0 saturated heterocycles. The molecule has 3 N–H and O–H groups in total. The number of methoxy groups -OCH3 is 1. The molecule has 0 spiro atoms. The third kappa shape index (κ3) is 3.46. The maximum Gasteiger partial charge on any atom is 0.320 e. The maximum atomic E-state index is 10.6. The first-order chi connectivity index (χ1) is 7.95. The molecule has 1 atom stereocenters. The third-order valence-corrected chi connectivity index (χ3v) is 2.90. The van der Waals surface area contributed by atoms with Crippen LogP contribution >= 0.6 is 0 Å². The molecule has 1 aromatic carbocycles. The summed E-state index contributed by atoms with van der Waals surface area (Å²) in [6, 6.07) is 3.21. The lowest BCUT2D eigenvalue weighted by Crippen LogP contribution is -2.30. The molecule has 0 aliphatic rings. The Hall–Kier alpha value is -1.55. The van der Waals surface area contributed by atoms with Gasteiger partial charge in [0.25, 0.3) is 0 Å². The van der Waals surface area contributed by atoms with E-state index in [1.54, 1.807) is 7.11 Å². The SMILES string of the molecule is COc1cc(C)c(CCC(N)C(=O)O)cc1C. The van der Waals surface area contributed by atoms with Gasteiger partial charge in [0.2, 0.25) is 0 Å². The minimum absolute atomic E-state index is 0.446. The van der Waals surface area contributed by atoms with Crippen LogP contribution in [0.25, 0.3) is 0 Å². The van der Waals surface area contributed by atoms with Crippen LogP contribution in [0.3, 0.4) is 0 Å². The van der Waals surface area contributed by atoms with Crippen LogP contribution in [0.1, 0.15) is 23.1 Å². The molecule has 4 heteroatoms. The minimum Gasteiger partial charge on any atom is -0.496 e. The number of hydrogen-bond donors (Lipinski definition) is 2. The Morgan fingerprint density at radius 1 is 1.41 bits per heavy atom. The summed E-state index contributed by atoms with van der Waals surface area (Å²) in [5, 5.41) is 8.72. The van der Waals surface area contributed by atoms with Gasteiger partial charge in [0.05, 0.1) is 7.11 Å². The molecule has 4 nitrogen and oxygen atoms in total. The highest BCUT2D eigenvalue weighted by molar-refractivity contribution is 5.73. The van der Waals surface area contributed by atoms with Crippen molar-refractivity contribution in [2.24, 2.45) is 5.73 Å². The molecule has 1 rings (SSSR count). The van der Waals surface area contributed by atoms with Crippen LogP contribution in [-0.2, 0) is 11.2 Å². The van der Waals surface area contributed by atoms with Crippen molar-refractivity contribution < 1.29 is 14.6 Å². The van der Waals surface area contributed by atoms with E-state index in [4.69, 9.17) is 15.6 Å². The lowest BCUT2D eigenvalue weighted by molar-refractivity contribution is -0.138. The van der Waals surface area contributed by atoms with Crippen molar-refractivity contribution in [3.8, 4) is 5.75 Å². The number of carboxylic acid groups (broad SMARTS) is 1. The fourth-order valence-electron chi connectivity index (χ4n) is 1.77. The van der Waals surface area contributed by atoms with Crippen LogP contribution < -0.4 is 10.5 Å². The van der Waals surface area contributed by atoms with E-state index in [1.807, 2.05) is 26.0 Å². The highest BCUT2D eigenvalue weighted by Gasteiger charge is 2.12. The second-order valence-electron chi connectivity index (χ2n) is 4.23. The standard InChI is InChI=1S/C13H19NO3/c1-8-7-12(17-3)9(2)6-10(8)4-5-11(14)13(15)16/h6-7,11H,4-5,14H2,1-3H3,(H,15,16). The Morgan fingerprint density at radius 3 is 2.59 bits per heavy atom. The van der Waals surface area contributed by atoms with Gasteiger partial charge in [-0.15, -0.1) is 0 Å². The zero-order valence-corrected chi connectivity index (χ0v) is 10.5. The van der Waals surface area contributed by atoms with E-state index in [1.165, 1.54) is 0 Å². The number of rotatable bonds is 5. The Labute approximate surface area is 101 Å². The predicted molar refractivity (Wildman–Crippen MR) is 66.4 cm³/mol. The molecule has 0 saturated carbocycles. The number of aryl methyl sites for hydroxylation is 3. The minimum atomic E-state index is -0.951. The van der Waals surface area contributed by atoms with Crippen molar-refractivity contribution >= 4 is 5.97 Å². The van der Waals surface area contributed by atoms with Crippen molar-refractivity contribution in [3.05, 3.63) is 28.8 Å². The normalized spacial score (nSPS) is 12.2. The first kappa shape index (κ1) is 13.5. The molecule has 94 valence electrons. The van der Waals surface area contributed by atoms with Crippen molar-refractivity contribution in [2.75, 3.05) is 7.11 Å². The number of nitrogens with two attached hydrogens (primary N) is 1. The van der Waals surface area contributed by atoms with Crippen LogP contribution in [0.2, 0.25) is 0 Å². The summed E-state index contributed by atoms with van der Waals surface area (Å²) in [5.74, 6) is -0.0957. The Balaban J connectivity index is 2.78. The second-order valence-corrected chi connectivity index (χ2v) is 4.23. The summed E-state index contributed by atoms with van der Waals surface area (Å²) in [4.78, 5) is 10.6. The summed E-state index contributed by atoms with van der Waals surface area (Å²) in [6.45, 7) is 3.96. The van der Waals surface area contributed by atoms with E-state index in [2.05, 4.69) is 0 Å². The molecule has 0 amide bonds. The van der Waals surface area contributed by atoms with Crippen LogP contribution in [0, 0.1) is 13.8 Å². The lowest BCUT2D eigenvalue weighted by Gasteiger charge is -2.12. The fraction of sp³-hybridized carbons (Fsp3) is 0.462. The summed E-state index contributed by atoms with van der Waals surface area (Å²) in [5.41, 5.74) is 8.76. The van der Waals surface area contributed by atoms with Crippen LogP contribution in [0.5, 0.6) is 5.75 Å². The fourth-order valence-corrected chi connectivity index (χ4v) is 1.77. The Bertz CT molecular complexity index is 415. The van der Waals surface area contributed by atoms with Crippen LogP contribution in [0.15, 0.2) is 12.1 Å². The topological polar surface area (TPSA) is 72.5 Å². The highest BCUT2D eigenvalue weighted by Crippen LogP contribution is 2.23. The lowest BCUT2D eigenvalue weighted by atomic mass is 9.98. The summed E-state index contributed by atoms with van der Waals surface area (Å²) >= 11 is 0. The van der Waals surface area contributed by atoms with E-state index in [-0.39, 0.29) is 0 Å². The largest absolute Gasteiger partial charge is 0.496 e. The van der Waals surface area contributed by atoms with E-state index in [0.717, 1.165) is 22.4 Å². The monoisotopic (exact) mass is 237 g/mol. The second kappa shape index (κ2) is 5.68. The summed E-state index contributed by atoms with van der Waals surface area (Å²) in [7, 11) is 1.64. The van der Waals surface area contributed by atoms with E-state index in [9.17, 15) is 4.79 Å². The molecular formula is C13H19NO3. The summed E-state index contributed by atoms with van der Waals surface area (Å²) < 4.78 is 5.23. The van der Waals surface area contributed by atoms with Crippen molar-refractivity contribution in [3.63, 3.8) is 0 Å². The Morgan fingerprint density at radius 2 is 2.06 bits per heavy atom. The van der Waals surface area contributed by atoms with Gasteiger partial charge in [-0.2, -0.15) is 0 Å². The number of benzene rings is 1. The molecule has 0 aliphatic carbocycles. The van der Waals surface area contributed by atoms with Gasteiger partial charge in [-0.05, 0) is 49.4 Å². The molecular weight excluding hydrogens is 218 g/mol. The van der Waals surface area contributed by atoms with Crippen molar-refractivity contribution in [1.29, 1.82) is 0 Å². The van der Waals surface area contributed by atoms with Crippen LogP contribution in [-0.4, -0.2) is 24.2 Å². The third-order valence-electron chi connectivity index (χ3n) is 2.90. The number of hydrogen-bond acceptors (Lipinski definition) is 3. The first-order valence-corrected chi connectivity index (χ1v) is 5.58. The van der Waals surface area contributed by atoms with E-state index in [0.29, 0.717) is 12.8 Å². The molecule has 17 heavy (non-hydrogen) atoms. The molecule has 0 aromatic heterocycles. The van der Waals surface area contributed by atoms with Crippen LogP contribution in [0.4, 0.5) is 0 Å². The van der Waals surface area contributed by atoms with Gasteiger partial charge in [-0.1, -0.05) is 6.07 Å². The van der Waals surface area contributed by atoms with Gasteiger partial charge in [0.15, 0.2) is 0 Å². The van der Waals surface area contributed by atoms with Crippen molar-refractivity contribution in [2.45, 2.75) is 32.7 Å². The molecule has 0 fully saturated rings. The zero-order valence-electron chi connectivity index (χ0n) is 10.5. The highest BCUT2D eigenvalue weighted by atomic mass is 16.5.